The number of thiazole rings is 1. The lowest BCUT2D eigenvalue weighted by Gasteiger charge is -2.06. The molecule has 0 bridgehead atoms. The smallest absolute Gasteiger partial charge is 0.255 e. The minimum Gasteiger partial charge on any atom is -0.497 e. The average molecular weight is 433 g/mol. The van der Waals surface area contributed by atoms with Gasteiger partial charge in [0.2, 0.25) is 0 Å². The lowest BCUT2D eigenvalue weighted by molar-refractivity contribution is 0.0951. The van der Waals surface area contributed by atoms with Gasteiger partial charge in [-0.15, -0.1) is 11.3 Å². The number of methoxy groups -OCH3 is 1. The van der Waals surface area contributed by atoms with Crippen LogP contribution in [0, 0.1) is 0 Å². The fourth-order valence-corrected chi connectivity index (χ4v) is 4.01. The fraction of sp³-hybridized carbons (Fsp3) is 0.208. The number of carbonyl (C=O) groups is 1. The van der Waals surface area contributed by atoms with Crippen LogP contribution in [0.1, 0.15) is 40.8 Å². The van der Waals surface area contributed by atoms with Gasteiger partial charge in [0.1, 0.15) is 11.4 Å². The summed E-state index contributed by atoms with van der Waals surface area (Å²) in [6.07, 6.45) is 1.76. The summed E-state index contributed by atoms with van der Waals surface area (Å²) in [6, 6.07) is 17.3. The normalized spacial score (nSPS) is 11.0. The Morgan fingerprint density at radius 2 is 1.97 bits per heavy atom. The van der Waals surface area contributed by atoms with E-state index in [1.807, 2.05) is 60.0 Å². The summed E-state index contributed by atoms with van der Waals surface area (Å²) in [5.74, 6) is 0.888. The molecule has 0 saturated carbocycles. The Labute approximate surface area is 185 Å². The highest BCUT2D eigenvalue weighted by Gasteiger charge is 2.19. The molecule has 0 fully saturated rings. The summed E-state index contributed by atoms with van der Waals surface area (Å²) in [5.41, 5.74) is 3.65. The first-order valence-electron chi connectivity index (χ1n) is 10.1. The molecule has 0 unspecified atom stereocenters. The zero-order chi connectivity index (χ0) is 21.8. The van der Waals surface area contributed by atoms with E-state index in [2.05, 4.69) is 24.1 Å². The first-order chi connectivity index (χ1) is 15.0. The monoisotopic (exact) mass is 432 g/mol. The van der Waals surface area contributed by atoms with Gasteiger partial charge in [0.25, 0.3) is 5.91 Å². The van der Waals surface area contributed by atoms with E-state index in [1.165, 1.54) is 0 Å². The summed E-state index contributed by atoms with van der Waals surface area (Å²) < 4.78 is 7.08. The molecule has 0 aliphatic heterocycles. The molecule has 1 amide bonds. The molecule has 2 heterocycles. The van der Waals surface area contributed by atoms with Crippen LogP contribution in [-0.4, -0.2) is 27.8 Å². The number of nitrogens with zero attached hydrogens (tertiary/aromatic N) is 3. The molecule has 0 radical (unpaired) electrons. The molecule has 6 nitrogen and oxygen atoms in total. The van der Waals surface area contributed by atoms with Gasteiger partial charge in [-0.2, -0.15) is 5.10 Å². The molecular formula is C24H24N4O2S. The van der Waals surface area contributed by atoms with E-state index < -0.39 is 0 Å². The third kappa shape index (κ3) is 4.67. The summed E-state index contributed by atoms with van der Waals surface area (Å²) in [4.78, 5) is 17.7. The van der Waals surface area contributed by atoms with Crippen molar-refractivity contribution >= 4 is 17.2 Å². The van der Waals surface area contributed by atoms with Gasteiger partial charge in [-0.3, -0.25) is 4.79 Å². The second kappa shape index (κ2) is 9.14. The highest BCUT2D eigenvalue weighted by atomic mass is 32.1. The number of nitrogens with one attached hydrogen (secondary N) is 1. The lowest BCUT2D eigenvalue weighted by atomic mass is 10.1. The molecule has 4 aromatic rings. The van der Waals surface area contributed by atoms with Crippen LogP contribution in [0.15, 0.2) is 66.2 Å². The van der Waals surface area contributed by atoms with Crippen LogP contribution in [0.4, 0.5) is 0 Å². The van der Waals surface area contributed by atoms with Crippen LogP contribution < -0.4 is 10.1 Å². The molecule has 2 aromatic heterocycles. The molecule has 0 aliphatic rings. The van der Waals surface area contributed by atoms with Crippen molar-refractivity contribution in [2.75, 3.05) is 7.11 Å². The molecule has 31 heavy (non-hydrogen) atoms. The van der Waals surface area contributed by atoms with Crippen molar-refractivity contribution < 1.29 is 9.53 Å². The number of amides is 1. The molecule has 7 heteroatoms. The van der Waals surface area contributed by atoms with Crippen molar-refractivity contribution in [3.05, 3.63) is 82.4 Å². The highest BCUT2D eigenvalue weighted by Crippen LogP contribution is 2.27. The number of hydrogen-bond donors (Lipinski definition) is 1. The second-order valence-electron chi connectivity index (χ2n) is 7.42. The molecule has 0 atom stereocenters. The van der Waals surface area contributed by atoms with Gasteiger partial charge in [-0.05, 0) is 24.3 Å². The maximum Gasteiger partial charge on any atom is 0.255 e. The molecule has 4 rings (SSSR count). The molecule has 2 aromatic carbocycles. The SMILES string of the molecule is COc1cccc(-c2nn(-c3ccccc3)cc2C(=O)NCc2csc(C(C)C)n2)c1. The van der Waals surface area contributed by atoms with Crippen LogP contribution in [0.5, 0.6) is 5.75 Å². The zero-order valence-corrected chi connectivity index (χ0v) is 18.5. The minimum atomic E-state index is -0.195. The molecule has 0 aliphatic carbocycles. The predicted octanol–water partition coefficient (Wildman–Crippen LogP) is 5.06. The maximum absolute atomic E-state index is 13.1. The van der Waals surface area contributed by atoms with Crippen LogP contribution in [0.2, 0.25) is 0 Å². The molecular weight excluding hydrogens is 408 g/mol. The summed E-state index contributed by atoms with van der Waals surface area (Å²) in [7, 11) is 1.62. The summed E-state index contributed by atoms with van der Waals surface area (Å²) >= 11 is 1.62. The predicted molar refractivity (Wildman–Crippen MR) is 123 cm³/mol. The van der Waals surface area contributed by atoms with Crippen LogP contribution in [0.25, 0.3) is 16.9 Å². The van der Waals surface area contributed by atoms with Crippen molar-refractivity contribution in [2.24, 2.45) is 0 Å². The summed E-state index contributed by atoms with van der Waals surface area (Å²) in [6.45, 7) is 4.59. The number of hydrogen-bond acceptors (Lipinski definition) is 5. The Balaban J connectivity index is 1.65. The van der Waals surface area contributed by atoms with Crippen molar-refractivity contribution in [3.8, 4) is 22.7 Å². The Kier molecular flexibility index (Phi) is 6.13. The van der Waals surface area contributed by atoms with Crippen LogP contribution in [-0.2, 0) is 6.54 Å². The number of para-hydroxylation sites is 1. The first-order valence-corrected chi connectivity index (χ1v) is 10.9. The quantitative estimate of drug-likeness (QED) is 0.443. The van der Waals surface area contributed by atoms with Crippen molar-refractivity contribution in [1.29, 1.82) is 0 Å². The first kappa shape index (κ1) is 20.8. The van der Waals surface area contributed by atoms with Gasteiger partial charge < -0.3 is 10.1 Å². The minimum absolute atomic E-state index is 0.195. The number of benzene rings is 2. The topological polar surface area (TPSA) is 69.0 Å². The fourth-order valence-electron chi connectivity index (χ4n) is 3.17. The highest BCUT2D eigenvalue weighted by molar-refractivity contribution is 7.09. The molecule has 158 valence electrons. The standard InChI is InChI=1S/C24H24N4O2S/c1-16(2)24-26-18(15-31-24)13-25-23(29)21-14-28(19-9-5-4-6-10-19)27-22(21)17-8-7-11-20(12-17)30-3/h4-12,14-16H,13H2,1-3H3,(H,25,29). The Morgan fingerprint density at radius 1 is 1.16 bits per heavy atom. The van der Waals surface area contributed by atoms with E-state index in [4.69, 9.17) is 9.84 Å². The van der Waals surface area contributed by atoms with Crippen molar-refractivity contribution in [2.45, 2.75) is 26.3 Å². The van der Waals surface area contributed by atoms with Gasteiger partial charge in [-0.25, -0.2) is 9.67 Å². The van der Waals surface area contributed by atoms with Crippen LogP contribution in [0.3, 0.4) is 0 Å². The van der Waals surface area contributed by atoms with Gasteiger partial charge in [-0.1, -0.05) is 44.2 Å². The molecule has 0 saturated heterocycles. The largest absolute Gasteiger partial charge is 0.497 e. The van der Waals surface area contributed by atoms with Gasteiger partial charge in [0, 0.05) is 23.1 Å². The van der Waals surface area contributed by atoms with E-state index in [0.717, 1.165) is 22.0 Å². The van der Waals surface area contributed by atoms with E-state index in [1.54, 1.807) is 29.3 Å². The van der Waals surface area contributed by atoms with Gasteiger partial charge in [0.05, 0.1) is 35.6 Å². The van der Waals surface area contributed by atoms with Gasteiger partial charge in [0.15, 0.2) is 0 Å². The zero-order valence-electron chi connectivity index (χ0n) is 17.7. The van der Waals surface area contributed by atoms with Crippen molar-refractivity contribution in [3.63, 3.8) is 0 Å². The molecule has 1 N–H and O–H groups in total. The van der Waals surface area contributed by atoms with Gasteiger partial charge >= 0.3 is 0 Å². The Bertz CT molecular complexity index is 1180. The number of carbonyl (C=O) groups excluding carboxylic acids is 1. The van der Waals surface area contributed by atoms with E-state index in [0.29, 0.717) is 29.5 Å². The van der Waals surface area contributed by atoms with E-state index >= 15 is 0 Å². The Morgan fingerprint density at radius 3 is 2.68 bits per heavy atom. The van der Waals surface area contributed by atoms with Crippen LogP contribution >= 0.6 is 11.3 Å². The average Bonchev–Trinajstić information content (AvgIpc) is 3.46. The van der Waals surface area contributed by atoms with Crippen molar-refractivity contribution in [1.82, 2.24) is 20.1 Å². The number of ether oxygens (including phenoxy) is 1. The number of aromatic nitrogens is 3. The number of rotatable bonds is 7. The molecule has 0 spiro atoms. The third-order valence-corrected chi connectivity index (χ3v) is 6.01. The summed E-state index contributed by atoms with van der Waals surface area (Å²) in [5, 5.41) is 10.8. The Hall–Kier alpha value is -3.45. The second-order valence-corrected chi connectivity index (χ2v) is 8.31. The third-order valence-electron chi connectivity index (χ3n) is 4.82. The van der Waals surface area contributed by atoms with E-state index in [-0.39, 0.29) is 5.91 Å². The van der Waals surface area contributed by atoms with E-state index in [9.17, 15) is 4.79 Å². The lowest BCUT2D eigenvalue weighted by Crippen LogP contribution is -2.23. The maximum atomic E-state index is 13.1.